The van der Waals surface area contributed by atoms with Gasteiger partial charge in [0.15, 0.2) is 5.82 Å². The van der Waals surface area contributed by atoms with Gasteiger partial charge in [-0.1, -0.05) is 0 Å². The van der Waals surface area contributed by atoms with Crippen LogP contribution in [0.2, 0.25) is 0 Å². The Morgan fingerprint density at radius 2 is 2.25 bits per heavy atom. The van der Waals surface area contributed by atoms with Crippen molar-refractivity contribution in [2.24, 2.45) is 0 Å². The number of ether oxygens (including phenoxy) is 1. The van der Waals surface area contributed by atoms with Crippen molar-refractivity contribution >= 4 is 11.8 Å². The number of carbonyl (C=O) groups is 1. The number of carboxylic acid groups (broad SMARTS) is 1. The Bertz CT molecular complexity index is 357. The molecular weight excluding hydrogens is 210 g/mol. The fraction of sp³-hybridized carbons (Fsp3) is 0.500. The first kappa shape index (κ1) is 12.2. The summed E-state index contributed by atoms with van der Waals surface area (Å²) in [6.45, 7) is 4.67. The summed E-state index contributed by atoms with van der Waals surface area (Å²) in [7, 11) is 0. The third-order valence-corrected chi connectivity index (χ3v) is 1.92. The molecule has 1 N–H and O–H groups in total. The van der Waals surface area contributed by atoms with Crippen LogP contribution in [-0.4, -0.2) is 40.7 Å². The molecule has 0 aliphatic heterocycles. The molecule has 0 saturated carbocycles. The summed E-state index contributed by atoms with van der Waals surface area (Å²) in [4.78, 5) is 20.4. The van der Waals surface area contributed by atoms with E-state index in [0.717, 1.165) is 0 Å². The zero-order valence-corrected chi connectivity index (χ0v) is 9.38. The number of hydrogen-bond acceptors (Lipinski definition) is 5. The lowest BCUT2D eigenvalue weighted by atomic mass is 10.4. The van der Waals surface area contributed by atoms with Gasteiger partial charge in [0.25, 0.3) is 0 Å². The van der Waals surface area contributed by atoms with Gasteiger partial charge in [0, 0.05) is 6.54 Å². The molecular formula is C10H15N3O3. The second kappa shape index (κ2) is 5.89. The fourth-order valence-electron chi connectivity index (χ4n) is 1.23. The predicted molar refractivity (Wildman–Crippen MR) is 58.7 cm³/mol. The van der Waals surface area contributed by atoms with E-state index in [1.807, 2.05) is 13.8 Å². The van der Waals surface area contributed by atoms with Gasteiger partial charge in [0.2, 0.25) is 5.88 Å². The first-order chi connectivity index (χ1) is 7.67. The zero-order valence-electron chi connectivity index (χ0n) is 9.38. The number of anilines is 1. The van der Waals surface area contributed by atoms with E-state index < -0.39 is 5.97 Å². The Morgan fingerprint density at radius 1 is 1.50 bits per heavy atom. The van der Waals surface area contributed by atoms with Gasteiger partial charge in [0.05, 0.1) is 19.0 Å². The third-order valence-electron chi connectivity index (χ3n) is 1.92. The highest BCUT2D eigenvalue weighted by Gasteiger charge is 2.11. The highest BCUT2D eigenvalue weighted by molar-refractivity contribution is 5.73. The first-order valence-corrected chi connectivity index (χ1v) is 5.09. The Labute approximate surface area is 93.9 Å². The maximum absolute atomic E-state index is 10.6. The molecule has 0 unspecified atom stereocenters. The largest absolute Gasteiger partial charge is 0.480 e. The lowest BCUT2D eigenvalue weighted by molar-refractivity contribution is -0.135. The molecule has 0 aliphatic carbocycles. The molecule has 0 bridgehead atoms. The normalized spacial score (nSPS) is 9.88. The molecule has 0 radical (unpaired) electrons. The Hall–Kier alpha value is -1.85. The molecule has 6 heteroatoms. The molecule has 16 heavy (non-hydrogen) atoms. The summed E-state index contributed by atoms with van der Waals surface area (Å²) in [6.07, 6.45) is 3.02. The summed E-state index contributed by atoms with van der Waals surface area (Å²) in [5.74, 6) is 0.0187. The molecule has 0 amide bonds. The number of hydrogen-bond donors (Lipinski definition) is 1. The van der Waals surface area contributed by atoms with E-state index in [2.05, 4.69) is 9.97 Å². The molecule has 1 aromatic rings. The van der Waals surface area contributed by atoms with Crippen molar-refractivity contribution in [3.63, 3.8) is 0 Å². The van der Waals surface area contributed by atoms with Crippen molar-refractivity contribution in [3.05, 3.63) is 12.4 Å². The van der Waals surface area contributed by atoms with Crippen LogP contribution < -0.4 is 9.64 Å². The predicted octanol–water partition coefficient (Wildman–Crippen LogP) is 0.786. The van der Waals surface area contributed by atoms with Gasteiger partial charge in [-0.15, -0.1) is 0 Å². The topological polar surface area (TPSA) is 75.5 Å². The van der Waals surface area contributed by atoms with Crippen LogP contribution in [0.4, 0.5) is 5.82 Å². The van der Waals surface area contributed by atoms with Crippen molar-refractivity contribution in [1.29, 1.82) is 0 Å². The highest BCUT2D eigenvalue weighted by atomic mass is 16.5. The number of nitrogens with zero attached hydrogens (tertiary/aromatic N) is 3. The Balaban J connectivity index is 2.83. The average Bonchev–Trinajstić information content (AvgIpc) is 2.26. The molecule has 0 saturated heterocycles. The Morgan fingerprint density at radius 3 is 2.81 bits per heavy atom. The second-order valence-electron chi connectivity index (χ2n) is 3.06. The Kier molecular flexibility index (Phi) is 4.50. The van der Waals surface area contributed by atoms with E-state index in [9.17, 15) is 4.79 Å². The lowest BCUT2D eigenvalue weighted by Crippen LogP contribution is -2.30. The van der Waals surface area contributed by atoms with Crippen molar-refractivity contribution in [1.82, 2.24) is 9.97 Å². The van der Waals surface area contributed by atoms with Crippen molar-refractivity contribution in [2.75, 3.05) is 24.6 Å². The molecule has 1 heterocycles. The highest BCUT2D eigenvalue weighted by Crippen LogP contribution is 2.13. The van der Waals surface area contributed by atoms with Crippen LogP contribution in [0.5, 0.6) is 5.88 Å². The van der Waals surface area contributed by atoms with Crippen molar-refractivity contribution in [2.45, 2.75) is 13.8 Å². The van der Waals surface area contributed by atoms with Gasteiger partial charge in [0.1, 0.15) is 6.54 Å². The lowest BCUT2D eigenvalue weighted by Gasteiger charge is -2.19. The van der Waals surface area contributed by atoms with Crippen molar-refractivity contribution < 1.29 is 14.6 Å². The van der Waals surface area contributed by atoms with Gasteiger partial charge in [-0.2, -0.15) is 4.98 Å². The zero-order chi connectivity index (χ0) is 12.0. The van der Waals surface area contributed by atoms with E-state index >= 15 is 0 Å². The van der Waals surface area contributed by atoms with E-state index in [-0.39, 0.29) is 6.54 Å². The fourth-order valence-corrected chi connectivity index (χ4v) is 1.23. The summed E-state index contributed by atoms with van der Waals surface area (Å²) in [6, 6.07) is 0. The monoisotopic (exact) mass is 225 g/mol. The average molecular weight is 225 g/mol. The molecule has 0 aromatic carbocycles. The molecule has 88 valence electrons. The minimum Gasteiger partial charge on any atom is -0.480 e. The van der Waals surface area contributed by atoms with Crippen LogP contribution in [-0.2, 0) is 4.79 Å². The summed E-state index contributed by atoms with van der Waals surface area (Å²) < 4.78 is 5.20. The molecule has 6 nitrogen and oxygen atoms in total. The van der Waals surface area contributed by atoms with Crippen LogP contribution in [0.25, 0.3) is 0 Å². The smallest absolute Gasteiger partial charge is 0.323 e. The van der Waals surface area contributed by atoms with E-state index in [1.165, 1.54) is 12.4 Å². The number of aliphatic carboxylic acids is 1. The van der Waals surface area contributed by atoms with Gasteiger partial charge >= 0.3 is 5.97 Å². The molecule has 0 spiro atoms. The van der Waals surface area contributed by atoms with Crippen LogP contribution in [0, 0.1) is 0 Å². The maximum Gasteiger partial charge on any atom is 0.323 e. The van der Waals surface area contributed by atoms with E-state index in [4.69, 9.17) is 9.84 Å². The summed E-state index contributed by atoms with van der Waals surface area (Å²) in [5.41, 5.74) is 0. The molecule has 1 aromatic heterocycles. The number of carboxylic acids is 1. The van der Waals surface area contributed by atoms with Crippen LogP contribution in [0.3, 0.4) is 0 Å². The minimum atomic E-state index is -0.898. The SMILES string of the molecule is CCOc1cncc(N(CC)CC(=O)O)n1. The summed E-state index contributed by atoms with van der Waals surface area (Å²) in [5, 5.41) is 8.73. The first-order valence-electron chi connectivity index (χ1n) is 5.09. The maximum atomic E-state index is 10.6. The van der Waals surface area contributed by atoms with Crippen molar-refractivity contribution in [3.8, 4) is 5.88 Å². The van der Waals surface area contributed by atoms with Crippen LogP contribution in [0.15, 0.2) is 12.4 Å². The van der Waals surface area contributed by atoms with Gasteiger partial charge in [-0.25, -0.2) is 0 Å². The van der Waals surface area contributed by atoms with E-state index in [1.54, 1.807) is 4.90 Å². The third kappa shape index (κ3) is 3.38. The number of likely N-dealkylation sites (N-methyl/N-ethyl adjacent to an activating group) is 1. The minimum absolute atomic E-state index is 0.0965. The quantitative estimate of drug-likeness (QED) is 0.771. The standard InChI is InChI=1S/C10H15N3O3/c1-3-13(7-10(14)15)8-5-11-6-9(12-8)16-4-2/h5-6H,3-4,7H2,1-2H3,(H,14,15). The molecule has 1 rings (SSSR count). The molecule has 0 atom stereocenters. The summed E-state index contributed by atoms with van der Waals surface area (Å²) >= 11 is 0. The number of rotatable bonds is 6. The van der Waals surface area contributed by atoms with Gasteiger partial charge in [-0.05, 0) is 13.8 Å². The van der Waals surface area contributed by atoms with E-state index in [0.29, 0.717) is 24.8 Å². The number of aromatic nitrogens is 2. The van der Waals surface area contributed by atoms with Gasteiger partial charge in [-0.3, -0.25) is 9.78 Å². The molecule has 0 fully saturated rings. The van der Waals surface area contributed by atoms with Crippen LogP contribution >= 0.6 is 0 Å². The van der Waals surface area contributed by atoms with Gasteiger partial charge < -0.3 is 14.7 Å². The second-order valence-corrected chi connectivity index (χ2v) is 3.06. The molecule has 0 aliphatic rings. The van der Waals surface area contributed by atoms with Crippen LogP contribution in [0.1, 0.15) is 13.8 Å².